The molecule has 0 bridgehead atoms. The molecule has 1 aromatic carbocycles. The minimum Gasteiger partial charge on any atom is -0.480 e. The molecule has 20 heavy (non-hydrogen) atoms. The molecule has 5 nitrogen and oxygen atoms in total. The number of hydrogen-bond donors (Lipinski definition) is 2. The van der Waals surface area contributed by atoms with Gasteiger partial charge in [0.2, 0.25) is 5.91 Å². The van der Waals surface area contributed by atoms with Gasteiger partial charge in [0.1, 0.15) is 5.54 Å². The van der Waals surface area contributed by atoms with Crippen molar-refractivity contribution in [1.82, 2.24) is 4.90 Å². The quantitative estimate of drug-likeness (QED) is 0.838. The molecule has 0 atom stereocenters. The number of likely N-dealkylation sites (N-methyl/N-ethyl adjacent to an activating group) is 1. The molecule has 0 aromatic heterocycles. The van der Waals surface area contributed by atoms with E-state index in [0.717, 1.165) is 11.3 Å². The number of nitrogens with zero attached hydrogens (tertiary/aromatic N) is 1. The van der Waals surface area contributed by atoms with E-state index in [1.165, 1.54) is 6.92 Å². The van der Waals surface area contributed by atoms with Crippen LogP contribution >= 0.6 is 0 Å². The maximum Gasteiger partial charge on any atom is 0.323 e. The molecular weight excluding hydrogens is 256 g/mol. The summed E-state index contributed by atoms with van der Waals surface area (Å²) in [7, 11) is 0. The van der Waals surface area contributed by atoms with E-state index in [1.54, 1.807) is 13.8 Å². The van der Waals surface area contributed by atoms with Crippen LogP contribution in [0.25, 0.3) is 0 Å². The molecule has 1 amide bonds. The second kappa shape index (κ2) is 6.52. The number of carbonyl (C=O) groups is 2. The third-order valence-corrected chi connectivity index (χ3v) is 3.34. The van der Waals surface area contributed by atoms with Crippen LogP contribution in [0.4, 0.5) is 5.69 Å². The van der Waals surface area contributed by atoms with Crippen molar-refractivity contribution in [3.8, 4) is 0 Å². The first-order valence-corrected chi connectivity index (χ1v) is 6.62. The molecule has 0 unspecified atom stereocenters. The molecule has 0 saturated heterocycles. The fraction of sp³-hybridized carbons (Fsp3) is 0.467. The Bertz CT molecular complexity index is 480. The number of carboxylic acids is 1. The van der Waals surface area contributed by atoms with Gasteiger partial charge in [-0.15, -0.1) is 0 Å². The predicted molar refractivity (Wildman–Crippen MR) is 78.5 cm³/mol. The third kappa shape index (κ3) is 4.06. The molecule has 1 aromatic rings. The minimum absolute atomic E-state index is 0.111. The summed E-state index contributed by atoms with van der Waals surface area (Å²) in [6, 6.07) is 7.43. The van der Waals surface area contributed by atoms with Gasteiger partial charge in [0.05, 0.1) is 0 Å². The van der Waals surface area contributed by atoms with E-state index in [1.807, 2.05) is 36.1 Å². The number of carbonyl (C=O) groups excluding carboxylic acids is 1. The van der Waals surface area contributed by atoms with E-state index < -0.39 is 11.5 Å². The summed E-state index contributed by atoms with van der Waals surface area (Å²) in [6.45, 7) is 8.00. The van der Waals surface area contributed by atoms with Gasteiger partial charge in [0.25, 0.3) is 0 Å². The van der Waals surface area contributed by atoms with E-state index in [0.29, 0.717) is 13.1 Å². The number of nitrogens with one attached hydrogen (secondary N) is 1. The van der Waals surface area contributed by atoms with Gasteiger partial charge >= 0.3 is 5.97 Å². The van der Waals surface area contributed by atoms with E-state index in [2.05, 4.69) is 5.32 Å². The number of hydrogen-bond acceptors (Lipinski definition) is 3. The topological polar surface area (TPSA) is 69.6 Å². The molecule has 0 aliphatic heterocycles. The third-order valence-electron chi connectivity index (χ3n) is 3.34. The maximum atomic E-state index is 11.3. The van der Waals surface area contributed by atoms with Crippen LogP contribution in [0.2, 0.25) is 0 Å². The Morgan fingerprint density at radius 1 is 1.25 bits per heavy atom. The summed E-state index contributed by atoms with van der Waals surface area (Å²) in [5.74, 6) is -0.950. The predicted octanol–water partition coefficient (Wildman–Crippen LogP) is 2.33. The maximum absolute atomic E-state index is 11.3. The number of amides is 1. The Balaban J connectivity index is 2.81. The summed E-state index contributed by atoms with van der Waals surface area (Å²) in [5.41, 5.74) is 0.836. The minimum atomic E-state index is -0.912. The van der Waals surface area contributed by atoms with Gasteiger partial charge in [-0.05, 0) is 38.1 Å². The van der Waals surface area contributed by atoms with Gasteiger partial charge in [-0.1, -0.05) is 19.1 Å². The summed E-state index contributed by atoms with van der Waals surface area (Å²) in [5, 5.41) is 12.0. The Morgan fingerprint density at radius 2 is 1.80 bits per heavy atom. The number of carboxylic acid groups (broad SMARTS) is 1. The van der Waals surface area contributed by atoms with Crippen LogP contribution in [0, 0.1) is 0 Å². The second-order valence-electron chi connectivity index (χ2n) is 5.26. The number of rotatable bonds is 6. The fourth-order valence-electron chi connectivity index (χ4n) is 1.96. The zero-order valence-corrected chi connectivity index (χ0v) is 12.4. The molecule has 0 fully saturated rings. The van der Waals surface area contributed by atoms with Crippen LogP contribution in [0.3, 0.4) is 0 Å². The first-order valence-electron chi connectivity index (χ1n) is 6.62. The Hall–Kier alpha value is -1.88. The average molecular weight is 278 g/mol. The van der Waals surface area contributed by atoms with Crippen molar-refractivity contribution >= 4 is 17.6 Å². The lowest BCUT2D eigenvalue weighted by Gasteiger charge is -2.34. The first-order chi connectivity index (χ1) is 9.27. The highest BCUT2D eigenvalue weighted by atomic mass is 16.4. The van der Waals surface area contributed by atoms with Gasteiger partial charge in [0.15, 0.2) is 0 Å². The molecule has 0 spiro atoms. The van der Waals surface area contributed by atoms with Gasteiger partial charge in [-0.2, -0.15) is 0 Å². The molecule has 1 rings (SSSR count). The molecule has 0 heterocycles. The molecule has 0 aliphatic rings. The second-order valence-corrected chi connectivity index (χ2v) is 5.26. The van der Waals surface area contributed by atoms with Crippen LogP contribution in [-0.2, 0) is 16.1 Å². The molecular formula is C15H22N2O3. The molecule has 110 valence electrons. The standard InChI is InChI=1S/C15H22N2O3/c1-5-17(15(3,4)14(19)20)10-12-6-8-13(9-7-12)16-11(2)18/h6-9H,5,10H2,1-4H3,(H,16,18)(H,19,20). The zero-order valence-electron chi connectivity index (χ0n) is 12.4. The van der Waals surface area contributed by atoms with Crippen molar-refractivity contribution in [3.63, 3.8) is 0 Å². The van der Waals surface area contributed by atoms with Crippen molar-refractivity contribution < 1.29 is 14.7 Å². The lowest BCUT2D eigenvalue weighted by molar-refractivity contribution is -0.149. The number of benzene rings is 1. The number of aliphatic carboxylic acids is 1. The first kappa shape index (κ1) is 16.2. The lowest BCUT2D eigenvalue weighted by Crippen LogP contribution is -2.49. The highest BCUT2D eigenvalue weighted by Gasteiger charge is 2.33. The highest BCUT2D eigenvalue weighted by Crippen LogP contribution is 2.19. The fourth-order valence-corrected chi connectivity index (χ4v) is 1.96. The van der Waals surface area contributed by atoms with E-state index >= 15 is 0 Å². The van der Waals surface area contributed by atoms with Crippen LogP contribution in [-0.4, -0.2) is 34.0 Å². The van der Waals surface area contributed by atoms with E-state index in [4.69, 9.17) is 0 Å². The van der Waals surface area contributed by atoms with E-state index in [9.17, 15) is 14.7 Å². The van der Waals surface area contributed by atoms with Crippen molar-refractivity contribution in [2.75, 3.05) is 11.9 Å². The summed E-state index contributed by atoms with van der Waals surface area (Å²) in [6.07, 6.45) is 0. The summed E-state index contributed by atoms with van der Waals surface area (Å²) < 4.78 is 0. The Morgan fingerprint density at radius 3 is 2.20 bits per heavy atom. The van der Waals surface area contributed by atoms with Crippen molar-refractivity contribution in [3.05, 3.63) is 29.8 Å². The van der Waals surface area contributed by atoms with Gasteiger partial charge < -0.3 is 10.4 Å². The average Bonchev–Trinajstić information content (AvgIpc) is 2.36. The largest absolute Gasteiger partial charge is 0.480 e. The van der Waals surface area contributed by atoms with Crippen LogP contribution in [0.5, 0.6) is 0 Å². The van der Waals surface area contributed by atoms with Crippen molar-refractivity contribution in [2.24, 2.45) is 0 Å². The van der Waals surface area contributed by atoms with Crippen LogP contribution in [0.1, 0.15) is 33.3 Å². The van der Waals surface area contributed by atoms with Gasteiger partial charge in [0, 0.05) is 19.2 Å². The number of anilines is 1. The van der Waals surface area contributed by atoms with Crippen LogP contribution < -0.4 is 5.32 Å². The van der Waals surface area contributed by atoms with Crippen molar-refractivity contribution in [1.29, 1.82) is 0 Å². The molecule has 2 N–H and O–H groups in total. The molecule has 0 radical (unpaired) electrons. The Labute approximate surface area is 119 Å². The highest BCUT2D eigenvalue weighted by molar-refractivity contribution is 5.88. The van der Waals surface area contributed by atoms with E-state index in [-0.39, 0.29) is 5.91 Å². The SMILES string of the molecule is CCN(Cc1ccc(NC(C)=O)cc1)C(C)(C)C(=O)O. The monoisotopic (exact) mass is 278 g/mol. The van der Waals surface area contributed by atoms with Crippen LogP contribution in [0.15, 0.2) is 24.3 Å². The summed E-state index contributed by atoms with van der Waals surface area (Å²) in [4.78, 5) is 24.1. The molecule has 0 saturated carbocycles. The zero-order chi connectivity index (χ0) is 15.3. The van der Waals surface area contributed by atoms with Crippen molar-refractivity contribution in [2.45, 2.75) is 39.8 Å². The lowest BCUT2D eigenvalue weighted by atomic mass is 10.0. The van der Waals surface area contributed by atoms with Gasteiger partial charge in [-0.3, -0.25) is 14.5 Å². The van der Waals surface area contributed by atoms with Gasteiger partial charge in [-0.25, -0.2) is 0 Å². The summed E-state index contributed by atoms with van der Waals surface area (Å²) >= 11 is 0. The smallest absolute Gasteiger partial charge is 0.323 e. The normalized spacial score (nSPS) is 11.4. The Kier molecular flexibility index (Phi) is 5.27. The molecule has 0 aliphatic carbocycles. The molecule has 5 heteroatoms.